The van der Waals surface area contributed by atoms with Gasteiger partial charge in [-0.1, -0.05) is 46.3 Å². The molecule has 0 aliphatic carbocycles. The van der Waals surface area contributed by atoms with Gasteiger partial charge in [0.1, 0.15) is 0 Å². The van der Waals surface area contributed by atoms with Crippen LogP contribution in [0.2, 0.25) is 0 Å². The molecule has 1 aromatic carbocycles. The van der Waals surface area contributed by atoms with Crippen LogP contribution in [0.4, 0.5) is 0 Å². The molecule has 0 spiro atoms. The summed E-state index contributed by atoms with van der Waals surface area (Å²) in [5, 5.41) is 0.686. The first kappa shape index (κ1) is 15.5. The number of sulfone groups is 1. The van der Waals surface area contributed by atoms with Gasteiger partial charge in [-0.2, -0.15) is 0 Å². The quantitative estimate of drug-likeness (QED) is 0.753. The second-order valence-corrected chi connectivity index (χ2v) is 8.06. The number of benzene rings is 1. The zero-order valence-corrected chi connectivity index (χ0v) is 13.6. The third-order valence-electron chi connectivity index (χ3n) is 3.46. The van der Waals surface area contributed by atoms with E-state index < -0.39 is 9.84 Å². The molecule has 4 nitrogen and oxygen atoms in total. The number of rotatable bonds is 5. The Labute approximate surface area is 128 Å². The summed E-state index contributed by atoms with van der Waals surface area (Å²) in [6.45, 7) is 1.12. The molecule has 2 rings (SSSR count). The number of hydrogen-bond acceptors (Lipinski definition) is 3. The van der Waals surface area contributed by atoms with Gasteiger partial charge in [-0.25, -0.2) is 8.42 Å². The van der Waals surface area contributed by atoms with Crippen LogP contribution in [0.1, 0.15) is 12.0 Å². The van der Waals surface area contributed by atoms with Crippen molar-refractivity contribution < 1.29 is 13.2 Å². The lowest BCUT2D eigenvalue weighted by atomic mass is 10.1. The van der Waals surface area contributed by atoms with E-state index in [9.17, 15) is 13.2 Å². The minimum atomic E-state index is -3.02. The summed E-state index contributed by atoms with van der Waals surface area (Å²) in [5.41, 5.74) is 1.06. The van der Waals surface area contributed by atoms with Crippen molar-refractivity contribution >= 4 is 31.7 Å². The van der Waals surface area contributed by atoms with E-state index in [1.54, 1.807) is 4.90 Å². The van der Waals surface area contributed by atoms with Gasteiger partial charge in [0.15, 0.2) is 9.84 Å². The van der Waals surface area contributed by atoms with Gasteiger partial charge in [0, 0.05) is 18.4 Å². The number of carbonyl (C=O) groups is 1. The van der Waals surface area contributed by atoms with Gasteiger partial charge in [0.2, 0.25) is 5.91 Å². The van der Waals surface area contributed by atoms with Crippen molar-refractivity contribution in [1.29, 1.82) is 0 Å². The summed E-state index contributed by atoms with van der Waals surface area (Å²) >= 11 is 3.35. The number of nitrogens with zero attached hydrogens (tertiary/aromatic N) is 1. The number of hydrogen-bond donors (Lipinski definition) is 0. The number of amides is 1. The first-order chi connectivity index (χ1) is 9.52. The maximum absolute atomic E-state index is 12.5. The molecular formula is C14H18BrNO3S. The van der Waals surface area contributed by atoms with Crippen LogP contribution in [0.5, 0.6) is 0 Å². The highest BCUT2D eigenvalue weighted by Gasteiger charge is 2.35. The van der Waals surface area contributed by atoms with Crippen molar-refractivity contribution in [2.45, 2.75) is 13.0 Å². The van der Waals surface area contributed by atoms with E-state index in [-0.39, 0.29) is 23.3 Å². The van der Waals surface area contributed by atoms with Crippen molar-refractivity contribution in [2.24, 2.45) is 5.92 Å². The van der Waals surface area contributed by atoms with Crippen molar-refractivity contribution in [3.8, 4) is 0 Å². The maximum Gasteiger partial charge on any atom is 0.227 e. The molecule has 1 unspecified atom stereocenters. The average molecular weight is 360 g/mol. The van der Waals surface area contributed by atoms with Crippen LogP contribution in [0.15, 0.2) is 30.3 Å². The second kappa shape index (κ2) is 6.72. The molecule has 1 aliphatic heterocycles. The van der Waals surface area contributed by atoms with Gasteiger partial charge >= 0.3 is 0 Å². The monoisotopic (exact) mass is 359 g/mol. The molecule has 1 heterocycles. The fourth-order valence-corrected chi connectivity index (χ4v) is 4.58. The molecule has 6 heteroatoms. The third-order valence-corrected chi connectivity index (χ3v) is 5.59. The van der Waals surface area contributed by atoms with E-state index in [2.05, 4.69) is 15.9 Å². The molecular weight excluding hydrogens is 342 g/mol. The summed E-state index contributed by atoms with van der Waals surface area (Å²) in [5.74, 6) is -0.284. The van der Waals surface area contributed by atoms with Crippen LogP contribution in [0.25, 0.3) is 0 Å². The van der Waals surface area contributed by atoms with Crippen LogP contribution in [0.3, 0.4) is 0 Å². The predicted octanol–water partition coefficient (Wildman–Crippen LogP) is 1.84. The van der Waals surface area contributed by atoms with Crippen molar-refractivity contribution in [1.82, 2.24) is 4.90 Å². The fourth-order valence-electron chi connectivity index (χ4n) is 2.42. The van der Waals surface area contributed by atoms with Gasteiger partial charge < -0.3 is 4.90 Å². The molecule has 1 atom stereocenters. The zero-order valence-electron chi connectivity index (χ0n) is 11.2. The zero-order chi connectivity index (χ0) is 14.6. The lowest BCUT2D eigenvalue weighted by Crippen LogP contribution is -2.37. The topological polar surface area (TPSA) is 54.5 Å². The lowest BCUT2D eigenvalue weighted by molar-refractivity contribution is -0.135. The Morgan fingerprint density at radius 2 is 2.00 bits per heavy atom. The summed E-state index contributed by atoms with van der Waals surface area (Å²) in [6, 6.07) is 9.75. The maximum atomic E-state index is 12.5. The summed E-state index contributed by atoms with van der Waals surface area (Å²) in [6.07, 6.45) is 0.453. The van der Waals surface area contributed by atoms with Crippen LogP contribution in [-0.2, 0) is 21.2 Å². The molecule has 20 heavy (non-hydrogen) atoms. The van der Waals surface area contributed by atoms with E-state index in [0.717, 1.165) is 5.56 Å². The number of alkyl halides is 1. The van der Waals surface area contributed by atoms with Gasteiger partial charge in [0.25, 0.3) is 0 Å². The first-order valence-electron chi connectivity index (χ1n) is 6.61. The summed E-state index contributed by atoms with van der Waals surface area (Å²) in [7, 11) is -3.02. The molecule has 1 saturated heterocycles. The van der Waals surface area contributed by atoms with Crippen LogP contribution >= 0.6 is 15.9 Å². The van der Waals surface area contributed by atoms with E-state index in [4.69, 9.17) is 0 Å². The normalized spacial score (nSPS) is 20.8. The first-order valence-corrected chi connectivity index (χ1v) is 9.55. The van der Waals surface area contributed by atoms with E-state index in [1.807, 2.05) is 30.3 Å². The van der Waals surface area contributed by atoms with Crippen LogP contribution in [0, 0.1) is 5.92 Å². The highest BCUT2D eigenvalue weighted by molar-refractivity contribution is 9.09. The molecule has 1 aliphatic rings. The standard InChI is InChI=1S/C14H18BrNO3S/c15-7-8-16(10-12-4-2-1-3-5-12)14(17)13-6-9-20(18,19)11-13/h1-5,13H,6-11H2. The highest BCUT2D eigenvalue weighted by atomic mass is 79.9. The number of halogens is 1. The molecule has 0 bridgehead atoms. The Morgan fingerprint density at radius 3 is 2.55 bits per heavy atom. The van der Waals surface area contributed by atoms with Gasteiger partial charge in [-0.15, -0.1) is 0 Å². The molecule has 0 N–H and O–H groups in total. The largest absolute Gasteiger partial charge is 0.337 e. The summed E-state index contributed by atoms with van der Waals surface area (Å²) < 4.78 is 23.0. The van der Waals surface area contributed by atoms with Crippen molar-refractivity contribution in [3.05, 3.63) is 35.9 Å². The minimum absolute atomic E-state index is 0.000587. The molecule has 0 saturated carbocycles. The van der Waals surface area contributed by atoms with Gasteiger partial charge in [-0.05, 0) is 12.0 Å². The molecule has 1 fully saturated rings. The predicted molar refractivity (Wildman–Crippen MR) is 82.4 cm³/mol. The Morgan fingerprint density at radius 1 is 1.30 bits per heavy atom. The van der Waals surface area contributed by atoms with Crippen LogP contribution < -0.4 is 0 Å². The Balaban J connectivity index is 2.06. The fraction of sp³-hybridized carbons (Fsp3) is 0.500. The average Bonchev–Trinajstić information content (AvgIpc) is 2.79. The Kier molecular flexibility index (Phi) is 5.21. The second-order valence-electron chi connectivity index (χ2n) is 5.03. The van der Waals surface area contributed by atoms with Crippen molar-refractivity contribution in [3.63, 3.8) is 0 Å². The molecule has 1 amide bonds. The van der Waals surface area contributed by atoms with Gasteiger partial charge in [0.05, 0.1) is 17.4 Å². The summed E-state index contributed by atoms with van der Waals surface area (Å²) in [4.78, 5) is 14.2. The minimum Gasteiger partial charge on any atom is -0.337 e. The molecule has 0 aromatic heterocycles. The van der Waals surface area contributed by atoms with Gasteiger partial charge in [-0.3, -0.25) is 4.79 Å². The van der Waals surface area contributed by atoms with E-state index >= 15 is 0 Å². The Hall–Kier alpha value is -0.880. The Bertz CT molecular complexity index is 559. The smallest absolute Gasteiger partial charge is 0.227 e. The molecule has 0 radical (unpaired) electrons. The molecule has 1 aromatic rings. The molecule has 110 valence electrons. The lowest BCUT2D eigenvalue weighted by Gasteiger charge is -2.24. The van der Waals surface area contributed by atoms with Crippen LogP contribution in [-0.4, -0.2) is 42.6 Å². The van der Waals surface area contributed by atoms with Crippen molar-refractivity contribution in [2.75, 3.05) is 23.4 Å². The SMILES string of the molecule is O=C(C1CCS(=O)(=O)C1)N(CCBr)Cc1ccccc1. The van der Waals surface area contributed by atoms with E-state index in [0.29, 0.717) is 24.8 Å². The van der Waals surface area contributed by atoms with E-state index in [1.165, 1.54) is 0 Å². The highest BCUT2D eigenvalue weighted by Crippen LogP contribution is 2.21. The number of carbonyl (C=O) groups excluding carboxylic acids is 1. The third kappa shape index (κ3) is 4.06.